The summed E-state index contributed by atoms with van der Waals surface area (Å²) in [6.07, 6.45) is 2.15. The lowest BCUT2D eigenvalue weighted by Gasteiger charge is -2.10. The van der Waals surface area contributed by atoms with E-state index >= 15 is 0 Å². The van der Waals surface area contributed by atoms with Crippen LogP contribution in [-0.4, -0.2) is 16.5 Å². The molecule has 0 amide bonds. The lowest BCUT2D eigenvalue weighted by molar-refractivity contribution is 0.596. The number of hydrogen-bond acceptors (Lipinski definition) is 4. The van der Waals surface area contributed by atoms with E-state index in [1.54, 1.807) is 6.07 Å². The van der Waals surface area contributed by atoms with Crippen LogP contribution in [0.25, 0.3) is 10.9 Å². The van der Waals surface area contributed by atoms with E-state index in [1.165, 1.54) is 24.2 Å². The molecule has 0 aliphatic rings. The SMILES string of the molecule is NCCc1cccc(F)c1Sc1ncnc2ccccc12. The number of hydrogen-bond donors (Lipinski definition) is 1. The third-order valence-electron chi connectivity index (χ3n) is 3.17. The quantitative estimate of drug-likeness (QED) is 0.750. The summed E-state index contributed by atoms with van der Waals surface area (Å²) in [7, 11) is 0. The number of fused-ring (bicyclic) bond motifs is 1. The standard InChI is InChI=1S/C16H14FN3S/c17-13-6-3-4-11(8-9-18)15(13)21-16-12-5-1-2-7-14(12)19-10-20-16/h1-7,10H,8-9,18H2. The Morgan fingerprint density at radius 2 is 1.90 bits per heavy atom. The van der Waals surface area contributed by atoms with Crippen LogP contribution in [0.3, 0.4) is 0 Å². The predicted octanol–water partition coefficient (Wildman–Crippen LogP) is 3.42. The Kier molecular flexibility index (Phi) is 4.13. The molecule has 3 rings (SSSR count). The third kappa shape index (κ3) is 2.89. The minimum atomic E-state index is -0.242. The van der Waals surface area contributed by atoms with Crippen molar-refractivity contribution in [3.8, 4) is 0 Å². The minimum Gasteiger partial charge on any atom is -0.330 e. The van der Waals surface area contributed by atoms with E-state index in [1.807, 2.05) is 30.3 Å². The van der Waals surface area contributed by atoms with Crippen molar-refractivity contribution in [2.24, 2.45) is 5.73 Å². The van der Waals surface area contributed by atoms with Crippen LogP contribution in [0.2, 0.25) is 0 Å². The molecule has 0 spiro atoms. The van der Waals surface area contributed by atoms with Gasteiger partial charge in [-0.25, -0.2) is 14.4 Å². The van der Waals surface area contributed by atoms with E-state index in [2.05, 4.69) is 9.97 Å². The average Bonchev–Trinajstić information content (AvgIpc) is 2.51. The molecule has 3 aromatic rings. The third-order valence-corrected chi connectivity index (χ3v) is 4.35. The predicted molar refractivity (Wildman–Crippen MR) is 82.8 cm³/mol. The second kappa shape index (κ2) is 6.20. The molecule has 5 heteroatoms. The van der Waals surface area contributed by atoms with Crippen molar-refractivity contribution in [3.05, 3.63) is 60.2 Å². The van der Waals surface area contributed by atoms with Crippen molar-refractivity contribution < 1.29 is 4.39 Å². The summed E-state index contributed by atoms with van der Waals surface area (Å²) in [4.78, 5) is 9.11. The summed E-state index contributed by atoms with van der Waals surface area (Å²) < 4.78 is 14.2. The van der Waals surface area contributed by atoms with Gasteiger partial charge < -0.3 is 5.73 Å². The molecule has 0 fully saturated rings. The summed E-state index contributed by atoms with van der Waals surface area (Å²) >= 11 is 1.33. The van der Waals surface area contributed by atoms with Gasteiger partial charge in [0.2, 0.25) is 0 Å². The zero-order valence-electron chi connectivity index (χ0n) is 11.3. The zero-order valence-corrected chi connectivity index (χ0v) is 12.1. The second-order valence-electron chi connectivity index (χ2n) is 4.56. The number of rotatable bonds is 4. The van der Waals surface area contributed by atoms with Crippen LogP contribution in [0.4, 0.5) is 4.39 Å². The molecule has 2 N–H and O–H groups in total. The Labute approximate surface area is 126 Å². The molecule has 3 nitrogen and oxygen atoms in total. The highest BCUT2D eigenvalue weighted by Crippen LogP contribution is 2.34. The number of aromatic nitrogens is 2. The van der Waals surface area contributed by atoms with Crippen LogP contribution in [0.5, 0.6) is 0 Å². The van der Waals surface area contributed by atoms with Gasteiger partial charge in [0.1, 0.15) is 17.2 Å². The molecule has 21 heavy (non-hydrogen) atoms. The van der Waals surface area contributed by atoms with Gasteiger partial charge in [-0.15, -0.1) is 0 Å². The largest absolute Gasteiger partial charge is 0.330 e. The van der Waals surface area contributed by atoms with Crippen LogP contribution < -0.4 is 5.73 Å². The van der Waals surface area contributed by atoms with E-state index in [4.69, 9.17) is 5.73 Å². The van der Waals surface area contributed by atoms with Gasteiger partial charge in [-0.3, -0.25) is 0 Å². The Balaban J connectivity index is 2.07. The fraction of sp³-hybridized carbons (Fsp3) is 0.125. The lowest BCUT2D eigenvalue weighted by Crippen LogP contribution is -2.04. The fourth-order valence-electron chi connectivity index (χ4n) is 2.18. The Hall–Kier alpha value is -1.98. The molecule has 0 aliphatic heterocycles. The first-order valence-corrected chi connectivity index (χ1v) is 7.46. The van der Waals surface area contributed by atoms with Gasteiger partial charge in [0, 0.05) is 5.39 Å². The molecule has 106 valence electrons. The molecule has 1 aromatic heterocycles. The van der Waals surface area contributed by atoms with Crippen LogP contribution in [0.1, 0.15) is 5.56 Å². The Bertz CT molecular complexity index is 771. The molecular formula is C16H14FN3S. The number of nitrogens with zero attached hydrogens (tertiary/aromatic N) is 2. The molecule has 0 saturated carbocycles. The van der Waals surface area contributed by atoms with E-state index in [-0.39, 0.29) is 5.82 Å². The smallest absolute Gasteiger partial charge is 0.137 e. The van der Waals surface area contributed by atoms with Gasteiger partial charge in [-0.1, -0.05) is 42.1 Å². The normalized spacial score (nSPS) is 11.0. The first-order valence-electron chi connectivity index (χ1n) is 6.64. The van der Waals surface area contributed by atoms with E-state index < -0.39 is 0 Å². The summed E-state index contributed by atoms with van der Waals surface area (Å²) in [5, 5.41) is 1.68. The maximum Gasteiger partial charge on any atom is 0.137 e. The van der Waals surface area contributed by atoms with Crippen LogP contribution in [0, 0.1) is 5.82 Å². The molecule has 0 radical (unpaired) electrons. The van der Waals surface area contributed by atoms with Crippen molar-refractivity contribution in [2.75, 3.05) is 6.54 Å². The van der Waals surface area contributed by atoms with Crippen molar-refractivity contribution in [3.63, 3.8) is 0 Å². The van der Waals surface area contributed by atoms with Crippen LogP contribution >= 0.6 is 11.8 Å². The minimum absolute atomic E-state index is 0.242. The van der Waals surface area contributed by atoms with Crippen molar-refractivity contribution in [2.45, 2.75) is 16.3 Å². The van der Waals surface area contributed by atoms with Crippen LogP contribution in [0.15, 0.2) is 58.7 Å². The number of nitrogens with two attached hydrogens (primary N) is 1. The van der Waals surface area contributed by atoms with Gasteiger partial charge >= 0.3 is 0 Å². The zero-order chi connectivity index (χ0) is 14.7. The molecule has 0 aliphatic carbocycles. The highest BCUT2D eigenvalue weighted by atomic mass is 32.2. The van der Waals surface area contributed by atoms with Crippen molar-refractivity contribution in [1.82, 2.24) is 9.97 Å². The second-order valence-corrected chi connectivity index (χ2v) is 5.56. The molecule has 0 atom stereocenters. The van der Waals surface area contributed by atoms with Gasteiger partial charge in [0.25, 0.3) is 0 Å². The highest BCUT2D eigenvalue weighted by molar-refractivity contribution is 7.99. The molecular weight excluding hydrogens is 285 g/mol. The van der Waals surface area contributed by atoms with Crippen molar-refractivity contribution in [1.29, 1.82) is 0 Å². The number of para-hydroxylation sites is 1. The molecule has 0 saturated heterocycles. The lowest BCUT2D eigenvalue weighted by atomic mass is 10.1. The summed E-state index contributed by atoms with van der Waals surface area (Å²) in [5.41, 5.74) is 7.37. The Morgan fingerprint density at radius 1 is 1.05 bits per heavy atom. The maximum atomic E-state index is 14.2. The molecule has 2 aromatic carbocycles. The summed E-state index contributed by atoms with van der Waals surface area (Å²) in [6.45, 7) is 0.488. The summed E-state index contributed by atoms with van der Waals surface area (Å²) in [6, 6.07) is 12.8. The van der Waals surface area contributed by atoms with E-state index in [9.17, 15) is 4.39 Å². The first kappa shape index (κ1) is 14.0. The molecule has 0 bridgehead atoms. The molecule has 1 heterocycles. The van der Waals surface area contributed by atoms with E-state index in [0.717, 1.165) is 21.5 Å². The topological polar surface area (TPSA) is 51.8 Å². The van der Waals surface area contributed by atoms with Crippen molar-refractivity contribution >= 4 is 22.7 Å². The number of halogens is 1. The van der Waals surface area contributed by atoms with Gasteiger partial charge in [0.05, 0.1) is 10.4 Å². The average molecular weight is 299 g/mol. The summed E-state index contributed by atoms with van der Waals surface area (Å²) in [5.74, 6) is -0.242. The van der Waals surface area contributed by atoms with Gasteiger partial charge in [-0.2, -0.15) is 0 Å². The number of benzene rings is 2. The van der Waals surface area contributed by atoms with E-state index in [0.29, 0.717) is 17.9 Å². The monoisotopic (exact) mass is 299 g/mol. The fourth-order valence-corrected chi connectivity index (χ4v) is 3.22. The van der Waals surface area contributed by atoms with Crippen LogP contribution in [-0.2, 0) is 6.42 Å². The maximum absolute atomic E-state index is 14.2. The Morgan fingerprint density at radius 3 is 2.76 bits per heavy atom. The van der Waals surface area contributed by atoms with Gasteiger partial charge in [0.15, 0.2) is 0 Å². The first-order chi connectivity index (χ1) is 10.3. The highest BCUT2D eigenvalue weighted by Gasteiger charge is 2.12. The van der Waals surface area contributed by atoms with Gasteiger partial charge in [-0.05, 0) is 30.7 Å². The molecule has 0 unspecified atom stereocenters.